The summed E-state index contributed by atoms with van der Waals surface area (Å²) >= 11 is 1.51. The summed E-state index contributed by atoms with van der Waals surface area (Å²) in [6.07, 6.45) is 0. The lowest BCUT2D eigenvalue weighted by Crippen LogP contribution is -2.12. The molecule has 1 heterocycles. The molecule has 104 valence electrons. The molecule has 2 rings (SSSR count). The molecule has 0 saturated heterocycles. The number of benzene rings is 1. The van der Waals surface area contributed by atoms with Crippen molar-refractivity contribution in [3.8, 4) is 11.8 Å². The van der Waals surface area contributed by atoms with E-state index in [0.717, 1.165) is 16.7 Å². The third-order valence-electron chi connectivity index (χ3n) is 2.41. The summed E-state index contributed by atoms with van der Waals surface area (Å²) in [7, 11) is 0. The average Bonchev–Trinajstić information content (AvgIpc) is 2.92. The summed E-state index contributed by atoms with van der Waals surface area (Å²) in [4.78, 5) is 0. The highest BCUT2D eigenvalue weighted by molar-refractivity contribution is 7.99. The Bertz CT molecular complexity index is 576. The van der Waals surface area contributed by atoms with Crippen LogP contribution in [0.4, 0.5) is 0 Å². The van der Waals surface area contributed by atoms with Crippen molar-refractivity contribution in [1.82, 2.24) is 20.2 Å². The molecule has 0 spiro atoms. The quantitative estimate of drug-likeness (QED) is 0.590. The molecule has 0 amide bonds. The van der Waals surface area contributed by atoms with Crippen molar-refractivity contribution in [3.63, 3.8) is 0 Å². The van der Waals surface area contributed by atoms with Crippen molar-refractivity contribution in [2.45, 2.75) is 11.7 Å². The van der Waals surface area contributed by atoms with Gasteiger partial charge in [0.15, 0.2) is 0 Å². The second kappa shape index (κ2) is 7.47. The van der Waals surface area contributed by atoms with E-state index < -0.39 is 0 Å². The number of nitrogens with zero attached hydrogens (tertiary/aromatic N) is 5. The average molecular weight is 290 g/mol. The molecule has 0 saturated carbocycles. The number of aromatic nitrogens is 4. The first-order valence-electron chi connectivity index (χ1n) is 6.05. The van der Waals surface area contributed by atoms with E-state index in [0.29, 0.717) is 25.3 Å². The Balaban J connectivity index is 1.75. The first-order valence-corrected chi connectivity index (χ1v) is 7.04. The number of rotatable bonds is 7. The Labute approximate surface area is 120 Å². The zero-order chi connectivity index (χ0) is 14.2. The fraction of sp³-hybridized carbons (Fsp3) is 0.333. The van der Waals surface area contributed by atoms with E-state index in [-0.39, 0.29) is 0 Å². The lowest BCUT2D eigenvalue weighted by atomic mass is 10.2. The fourth-order valence-corrected chi connectivity index (χ4v) is 2.20. The molecule has 8 heteroatoms. The largest absolute Gasteiger partial charge is 0.493 e. The zero-order valence-corrected chi connectivity index (χ0v) is 11.6. The molecule has 20 heavy (non-hydrogen) atoms. The van der Waals surface area contributed by atoms with Crippen LogP contribution in [0.25, 0.3) is 0 Å². The Kier molecular flexibility index (Phi) is 5.34. The number of thioether (sulfide) groups is 1. The number of ether oxygens (including phenoxy) is 1. The molecule has 0 aliphatic heterocycles. The SMILES string of the molecule is N#Cc1ccc(OCCSc2nnnn2CCN)cc1. The normalized spacial score (nSPS) is 10.2. The van der Waals surface area contributed by atoms with Crippen LogP contribution in [0.5, 0.6) is 5.75 Å². The molecule has 0 aliphatic rings. The summed E-state index contributed by atoms with van der Waals surface area (Å²) < 4.78 is 7.24. The van der Waals surface area contributed by atoms with Gasteiger partial charge in [0.25, 0.3) is 0 Å². The van der Waals surface area contributed by atoms with Crippen LogP contribution >= 0.6 is 11.8 Å². The molecule has 0 aliphatic carbocycles. The third-order valence-corrected chi connectivity index (χ3v) is 3.33. The minimum atomic E-state index is 0.500. The van der Waals surface area contributed by atoms with Gasteiger partial charge in [0.1, 0.15) is 5.75 Å². The number of hydrogen-bond donors (Lipinski definition) is 1. The van der Waals surface area contributed by atoms with Crippen LogP contribution in [0.3, 0.4) is 0 Å². The Morgan fingerprint density at radius 1 is 1.35 bits per heavy atom. The van der Waals surface area contributed by atoms with Gasteiger partial charge in [0.2, 0.25) is 5.16 Å². The number of nitriles is 1. The summed E-state index contributed by atoms with van der Waals surface area (Å²) in [5, 5.41) is 20.8. The molecule has 2 aromatic rings. The Morgan fingerprint density at radius 2 is 2.15 bits per heavy atom. The van der Waals surface area contributed by atoms with Crippen LogP contribution in [0.15, 0.2) is 29.4 Å². The van der Waals surface area contributed by atoms with Gasteiger partial charge < -0.3 is 10.5 Å². The Hall–Kier alpha value is -2.11. The van der Waals surface area contributed by atoms with Gasteiger partial charge in [-0.25, -0.2) is 4.68 Å². The van der Waals surface area contributed by atoms with Crippen molar-refractivity contribution >= 4 is 11.8 Å². The van der Waals surface area contributed by atoms with Crippen LogP contribution < -0.4 is 10.5 Å². The van der Waals surface area contributed by atoms with Crippen LogP contribution in [-0.2, 0) is 6.54 Å². The predicted octanol–water partition coefficient (Wildman–Crippen LogP) is 0.675. The number of tetrazole rings is 1. The van der Waals surface area contributed by atoms with Gasteiger partial charge >= 0.3 is 0 Å². The molecular weight excluding hydrogens is 276 g/mol. The maximum absolute atomic E-state index is 8.69. The fourth-order valence-electron chi connectivity index (χ4n) is 1.48. The van der Waals surface area contributed by atoms with E-state index in [1.54, 1.807) is 28.9 Å². The maximum atomic E-state index is 8.69. The summed E-state index contributed by atoms with van der Waals surface area (Å²) in [6.45, 7) is 1.64. The maximum Gasteiger partial charge on any atom is 0.209 e. The molecule has 0 atom stereocenters. The Morgan fingerprint density at radius 3 is 2.85 bits per heavy atom. The van der Waals surface area contributed by atoms with Gasteiger partial charge in [-0.3, -0.25) is 0 Å². The van der Waals surface area contributed by atoms with E-state index in [2.05, 4.69) is 21.6 Å². The van der Waals surface area contributed by atoms with Crippen LogP contribution in [0, 0.1) is 11.3 Å². The third kappa shape index (κ3) is 3.94. The summed E-state index contributed by atoms with van der Waals surface area (Å²) in [6, 6.07) is 9.08. The van der Waals surface area contributed by atoms with E-state index in [1.807, 2.05) is 0 Å². The van der Waals surface area contributed by atoms with Crippen LogP contribution in [0.2, 0.25) is 0 Å². The van der Waals surface area contributed by atoms with E-state index >= 15 is 0 Å². The van der Waals surface area contributed by atoms with Gasteiger partial charge in [-0.2, -0.15) is 5.26 Å². The van der Waals surface area contributed by atoms with Gasteiger partial charge in [-0.05, 0) is 34.7 Å². The van der Waals surface area contributed by atoms with Crippen molar-refractivity contribution in [3.05, 3.63) is 29.8 Å². The molecule has 1 aromatic heterocycles. The zero-order valence-electron chi connectivity index (χ0n) is 10.8. The molecular formula is C12H14N6OS. The second-order valence-electron chi connectivity index (χ2n) is 3.81. The second-order valence-corrected chi connectivity index (χ2v) is 4.87. The summed E-state index contributed by atoms with van der Waals surface area (Å²) in [5.74, 6) is 1.47. The number of hydrogen-bond acceptors (Lipinski definition) is 7. The van der Waals surface area contributed by atoms with Crippen LogP contribution in [0.1, 0.15) is 5.56 Å². The molecule has 2 N–H and O–H groups in total. The van der Waals surface area contributed by atoms with Gasteiger partial charge in [-0.1, -0.05) is 11.8 Å². The molecule has 0 radical (unpaired) electrons. The molecule has 1 aromatic carbocycles. The first-order chi connectivity index (χ1) is 9.83. The topological polar surface area (TPSA) is 103 Å². The highest BCUT2D eigenvalue weighted by Gasteiger charge is 2.05. The van der Waals surface area contributed by atoms with Gasteiger partial charge in [0.05, 0.1) is 24.8 Å². The van der Waals surface area contributed by atoms with E-state index in [9.17, 15) is 0 Å². The lowest BCUT2D eigenvalue weighted by Gasteiger charge is -2.05. The molecule has 7 nitrogen and oxygen atoms in total. The number of nitrogens with two attached hydrogens (primary N) is 1. The highest BCUT2D eigenvalue weighted by Crippen LogP contribution is 2.15. The minimum absolute atomic E-state index is 0.500. The minimum Gasteiger partial charge on any atom is -0.493 e. The van der Waals surface area contributed by atoms with Crippen molar-refractivity contribution < 1.29 is 4.74 Å². The van der Waals surface area contributed by atoms with Crippen molar-refractivity contribution in [1.29, 1.82) is 5.26 Å². The van der Waals surface area contributed by atoms with Crippen molar-refractivity contribution in [2.24, 2.45) is 5.73 Å². The summed E-state index contributed by atoms with van der Waals surface area (Å²) in [5.41, 5.74) is 6.09. The van der Waals surface area contributed by atoms with Gasteiger partial charge in [0, 0.05) is 12.3 Å². The first kappa shape index (κ1) is 14.3. The van der Waals surface area contributed by atoms with Gasteiger partial charge in [-0.15, -0.1) is 5.10 Å². The lowest BCUT2D eigenvalue weighted by molar-refractivity contribution is 0.343. The molecule has 0 unspecified atom stereocenters. The van der Waals surface area contributed by atoms with E-state index in [1.165, 1.54) is 11.8 Å². The van der Waals surface area contributed by atoms with Crippen LogP contribution in [-0.4, -0.2) is 39.1 Å². The standard InChI is InChI=1S/C12H14N6OS/c13-5-6-18-12(15-16-17-18)20-8-7-19-11-3-1-10(9-14)2-4-11/h1-4H,5-8,13H2. The monoisotopic (exact) mass is 290 g/mol. The molecule has 0 fully saturated rings. The van der Waals surface area contributed by atoms with E-state index in [4.69, 9.17) is 15.7 Å². The smallest absolute Gasteiger partial charge is 0.209 e. The molecule has 0 bridgehead atoms. The predicted molar refractivity (Wildman–Crippen MR) is 74.2 cm³/mol. The van der Waals surface area contributed by atoms with Crippen molar-refractivity contribution in [2.75, 3.05) is 18.9 Å². The highest BCUT2D eigenvalue weighted by atomic mass is 32.2.